The zero-order valence-electron chi connectivity index (χ0n) is 21.1. The lowest BCUT2D eigenvalue weighted by Crippen LogP contribution is -2.43. The van der Waals surface area contributed by atoms with Gasteiger partial charge in [-0.1, -0.05) is 12.1 Å². The van der Waals surface area contributed by atoms with Crippen LogP contribution in [0.15, 0.2) is 42.5 Å². The first-order valence-electron chi connectivity index (χ1n) is 12.7. The zero-order chi connectivity index (χ0) is 25.5. The van der Waals surface area contributed by atoms with E-state index in [0.717, 1.165) is 54.0 Å². The largest absolute Gasteiger partial charge is 0.466 e. The van der Waals surface area contributed by atoms with Crippen LogP contribution >= 0.6 is 0 Å². The number of benzene rings is 2. The summed E-state index contributed by atoms with van der Waals surface area (Å²) in [4.78, 5) is 33.4. The number of piperidine rings is 1. The number of carbonyl (C=O) groups excluding carboxylic acids is 2. The van der Waals surface area contributed by atoms with E-state index in [4.69, 9.17) is 15.0 Å². The van der Waals surface area contributed by atoms with Crippen LogP contribution in [-0.2, 0) is 22.5 Å². The minimum absolute atomic E-state index is 0.0146. The summed E-state index contributed by atoms with van der Waals surface area (Å²) in [5.74, 6) is 0.677. The first-order chi connectivity index (χ1) is 17.5. The lowest BCUT2D eigenvalue weighted by atomic mass is 10.1. The molecular weight excluding hydrogens is 454 g/mol. The Morgan fingerprint density at radius 1 is 1.11 bits per heavy atom. The molecule has 4 rings (SSSR count). The maximum atomic E-state index is 13.0. The molecule has 2 heterocycles. The quantitative estimate of drug-likeness (QED) is 0.422. The molecule has 0 bridgehead atoms. The number of aryl methyl sites for hydroxylation is 1. The number of likely N-dealkylation sites (tertiary alicyclic amines) is 1. The third-order valence-corrected chi connectivity index (χ3v) is 6.62. The Morgan fingerprint density at radius 3 is 2.56 bits per heavy atom. The molecular formula is C28H33N5O3. The van der Waals surface area contributed by atoms with Gasteiger partial charge in [-0.15, -0.1) is 0 Å². The highest BCUT2D eigenvalue weighted by Crippen LogP contribution is 2.26. The van der Waals surface area contributed by atoms with E-state index in [1.165, 1.54) is 6.42 Å². The number of fused-ring (bicyclic) bond motifs is 1. The monoisotopic (exact) mass is 487 g/mol. The highest BCUT2D eigenvalue weighted by atomic mass is 16.5. The lowest BCUT2D eigenvalue weighted by Gasteiger charge is -2.31. The second-order valence-corrected chi connectivity index (χ2v) is 9.14. The van der Waals surface area contributed by atoms with Crippen molar-refractivity contribution in [1.29, 1.82) is 5.26 Å². The van der Waals surface area contributed by atoms with Crippen LogP contribution in [0.5, 0.6) is 0 Å². The van der Waals surface area contributed by atoms with Crippen LogP contribution in [0.3, 0.4) is 0 Å². The minimum atomic E-state index is -0.198. The normalized spacial score (nSPS) is 13.4. The predicted molar refractivity (Wildman–Crippen MR) is 139 cm³/mol. The first-order valence-corrected chi connectivity index (χ1v) is 12.7. The van der Waals surface area contributed by atoms with Gasteiger partial charge in [-0.2, -0.15) is 5.26 Å². The van der Waals surface area contributed by atoms with E-state index >= 15 is 0 Å². The molecule has 3 aromatic rings. The molecule has 0 N–H and O–H groups in total. The Balaban J connectivity index is 1.60. The van der Waals surface area contributed by atoms with Crippen molar-refractivity contribution in [3.63, 3.8) is 0 Å². The van der Waals surface area contributed by atoms with Crippen LogP contribution < -0.4 is 4.90 Å². The van der Waals surface area contributed by atoms with E-state index in [9.17, 15) is 9.59 Å². The molecule has 8 nitrogen and oxygen atoms in total. The fraction of sp³-hybridized carbons (Fsp3) is 0.429. The Labute approximate surface area is 212 Å². The molecule has 1 aromatic heterocycles. The maximum Gasteiger partial charge on any atom is 0.324 e. The number of nitrogens with zero attached hydrogens (tertiary/aromatic N) is 5. The van der Waals surface area contributed by atoms with Gasteiger partial charge in [0.25, 0.3) is 0 Å². The molecule has 1 aliphatic rings. The second kappa shape index (κ2) is 11.7. The Bertz CT molecular complexity index is 1250. The molecule has 2 aromatic carbocycles. The highest BCUT2D eigenvalue weighted by Gasteiger charge is 2.22. The van der Waals surface area contributed by atoms with Crippen molar-refractivity contribution >= 4 is 28.7 Å². The molecule has 0 saturated carbocycles. The molecule has 0 spiro atoms. The average Bonchev–Trinajstić information content (AvgIpc) is 3.25. The topological polar surface area (TPSA) is 91.5 Å². The van der Waals surface area contributed by atoms with Crippen molar-refractivity contribution < 1.29 is 14.3 Å². The summed E-state index contributed by atoms with van der Waals surface area (Å²) >= 11 is 0. The molecule has 0 aliphatic carbocycles. The second-order valence-electron chi connectivity index (χ2n) is 9.14. The van der Waals surface area contributed by atoms with Crippen molar-refractivity contribution in [2.24, 2.45) is 0 Å². The van der Waals surface area contributed by atoms with Crippen molar-refractivity contribution in [3.8, 4) is 6.07 Å². The van der Waals surface area contributed by atoms with Gasteiger partial charge in [-0.3, -0.25) is 9.69 Å². The van der Waals surface area contributed by atoms with Gasteiger partial charge in [-0.05, 0) is 68.5 Å². The molecule has 1 aliphatic heterocycles. The van der Waals surface area contributed by atoms with E-state index < -0.39 is 0 Å². The number of anilines is 1. The standard InChI is InChI=1S/C28H33N5O3/c1-3-36-27(34)8-7-17-33-25-14-13-23(31(2)28(35)32-15-5-4-6-16-32)19-24(25)30-26(33)18-21-9-11-22(20-29)12-10-21/h9-14,19H,3-8,15-18H2,1-2H3. The van der Waals surface area contributed by atoms with Crippen molar-refractivity contribution in [2.45, 2.75) is 52.0 Å². The summed E-state index contributed by atoms with van der Waals surface area (Å²) in [6.07, 6.45) is 4.85. The third kappa shape index (κ3) is 5.85. The number of hydrogen-bond donors (Lipinski definition) is 0. The van der Waals surface area contributed by atoms with Gasteiger partial charge in [0.1, 0.15) is 5.82 Å². The third-order valence-electron chi connectivity index (χ3n) is 6.62. The average molecular weight is 488 g/mol. The summed E-state index contributed by atoms with van der Waals surface area (Å²) in [6, 6.07) is 15.6. The zero-order valence-corrected chi connectivity index (χ0v) is 21.1. The number of nitriles is 1. The number of imidazole rings is 1. The van der Waals surface area contributed by atoms with Gasteiger partial charge in [0.15, 0.2) is 0 Å². The fourth-order valence-corrected chi connectivity index (χ4v) is 4.66. The van der Waals surface area contributed by atoms with Crippen LogP contribution in [0.1, 0.15) is 56.0 Å². The smallest absolute Gasteiger partial charge is 0.324 e. The van der Waals surface area contributed by atoms with E-state index in [2.05, 4.69) is 10.6 Å². The SMILES string of the molecule is CCOC(=O)CCCn1c(Cc2ccc(C#N)cc2)nc2cc(N(C)C(=O)N3CCCCC3)ccc21. The molecule has 8 heteroatoms. The molecule has 1 saturated heterocycles. The van der Waals surface area contributed by atoms with Crippen LogP contribution in [0.4, 0.5) is 10.5 Å². The molecule has 1 fully saturated rings. The number of carbonyl (C=O) groups is 2. The Morgan fingerprint density at radius 2 is 1.86 bits per heavy atom. The summed E-state index contributed by atoms with van der Waals surface area (Å²) in [6.45, 7) is 4.41. The van der Waals surface area contributed by atoms with E-state index in [0.29, 0.717) is 38.0 Å². The van der Waals surface area contributed by atoms with Crippen molar-refractivity contribution in [3.05, 3.63) is 59.4 Å². The number of rotatable bonds is 8. The van der Waals surface area contributed by atoms with Gasteiger partial charge in [-0.25, -0.2) is 9.78 Å². The van der Waals surface area contributed by atoms with E-state index in [-0.39, 0.29) is 12.0 Å². The number of amides is 2. The van der Waals surface area contributed by atoms with Crippen molar-refractivity contribution in [1.82, 2.24) is 14.5 Å². The molecule has 188 valence electrons. The van der Waals surface area contributed by atoms with Gasteiger partial charge in [0.2, 0.25) is 0 Å². The maximum absolute atomic E-state index is 13.0. The van der Waals surface area contributed by atoms with Crippen molar-refractivity contribution in [2.75, 3.05) is 31.6 Å². The van der Waals surface area contributed by atoms with Gasteiger partial charge < -0.3 is 14.2 Å². The molecule has 2 amide bonds. The Hall–Kier alpha value is -3.86. The predicted octanol–water partition coefficient (Wildman–Crippen LogP) is 4.88. The van der Waals surface area contributed by atoms with Crippen LogP contribution in [-0.4, -0.2) is 53.2 Å². The first kappa shape index (κ1) is 25.2. The number of esters is 1. The molecule has 0 radical (unpaired) electrons. The summed E-state index contributed by atoms with van der Waals surface area (Å²) in [5, 5.41) is 9.10. The van der Waals surface area contributed by atoms with E-state index in [1.807, 2.05) is 61.3 Å². The lowest BCUT2D eigenvalue weighted by molar-refractivity contribution is -0.143. The summed E-state index contributed by atoms with van der Waals surface area (Å²) < 4.78 is 7.22. The summed E-state index contributed by atoms with van der Waals surface area (Å²) in [7, 11) is 1.81. The number of urea groups is 1. The van der Waals surface area contributed by atoms with Crippen LogP contribution in [0, 0.1) is 11.3 Å². The van der Waals surface area contributed by atoms with Gasteiger partial charge in [0, 0.05) is 45.2 Å². The minimum Gasteiger partial charge on any atom is -0.466 e. The number of hydrogen-bond acceptors (Lipinski definition) is 5. The van der Waals surface area contributed by atoms with E-state index in [1.54, 1.807) is 4.90 Å². The van der Waals surface area contributed by atoms with Crippen LogP contribution in [0.2, 0.25) is 0 Å². The fourth-order valence-electron chi connectivity index (χ4n) is 4.66. The molecule has 0 unspecified atom stereocenters. The molecule has 36 heavy (non-hydrogen) atoms. The highest BCUT2D eigenvalue weighted by molar-refractivity contribution is 5.94. The van der Waals surface area contributed by atoms with Crippen LogP contribution in [0.25, 0.3) is 11.0 Å². The Kier molecular flexibility index (Phi) is 8.21. The number of ether oxygens (including phenoxy) is 1. The molecule has 0 atom stereocenters. The van der Waals surface area contributed by atoms with Gasteiger partial charge >= 0.3 is 12.0 Å². The summed E-state index contributed by atoms with van der Waals surface area (Å²) in [5.41, 5.74) is 4.25. The number of aromatic nitrogens is 2. The van der Waals surface area contributed by atoms with Gasteiger partial charge in [0.05, 0.1) is 29.3 Å².